The van der Waals surface area contributed by atoms with E-state index in [4.69, 9.17) is 15.2 Å². The number of amides is 1. The van der Waals surface area contributed by atoms with Gasteiger partial charge in [-0.05, 0) is 48.5 Å². The fourth-order valence-electron chi connectivity index (χ4n) is 5.03. The zero-order valence-electron chi connectivity index (χ0n) is 24.2. The number of nitrogen functional groups attached to an aromatic ring is 1. The van der Waals surface area contributed by atoms with Crippen LogP contribution in [0.3, 0.4) is 0 Å². The highest BCUT2D eigenvalue weighted by molar-refractivity contribution is 5.99. The minimum atomic E-state index is -0.457. The summed E-state index contributed by atoms with van der Waals surface area (Å²) < 4.78 is 13.8. The van der Waals surface area contributed by atoms with Crippen LogP contribution in [0.1, 0.15) is 12.8 Å². The molecule has 1 aliphatic rings. The molecule has 1 aliphatic carbocycles. The van der Waals surface area contributed by atoms with Crippen LogP contribution in [0, 0.1) is 5.21 Å². The number of fused-ring (bicyclic) bond motifs is 1. The van der Waals surface area contributed by atoms with Crippen molar-refractivity contribution in [1.29, 1.82) is 0 Å². The number of likely N-dealkylation sites (N-methyl/N-ethyl adjacent to an activating group) is 1. The predicted molar refractivity (Wildman–Crippen MR) is 167 cm³/mol. The number of rotatable bonds is 10. The number of methoxy groups -OCH3 is 1. The van der Waals surface area contributed by atoms with Crippen LogP contribution >= 0.6 is 0 Å². The molecular formula is C32H31N7O5. The van der Waals surface area contributed by atoms with Gasteiger partial charge < -0.3 is 30.4 Å². The van der Waals surface area contributed by atoms with Gasteiger partial charge in [-0.25, -0.2) is 19.3 Å². The number of quaternary nitrogens is 1. The lowest BCUT2D eigenvalue weighted by Crippen LogP contribution is -2.39. The van der Waals surface area contributed by atoms with E-state index in [1.165, 1.54) is 28.6 Å². The molecule has 3 N–H and O–H groups in total. The Hall–Kier alpha value is -5.46. The van der Waals surface area contributed by atoms with E-state index in [1.807, 2.05) is 30.3 Å². The molecule has 0 radical (unpaired) electrons. The minimum Gasteiger partial charge on any atom is -0.633 e. The van der Waals surface area contributed by atoms with E-state index in [9.17, 15) is 14.8 Å². The molecule has 12 heteroatoms. The normalized spacial score (nSPS) is 14.4. The van der Waals surface area contributed by atoms with Crippen molar-refractivity contribution in [2.45, 2.75) is 18.9 Å². The smallest absolute Gasteiger partial charge is 0.339 e. The number of nitrogens with zero attached hydrogens (tertiary/aromatic N) is 5. The molecule has 1 atom stereocenters. The van der Waals surface area contributed by atoms with Crippen molar-refractivity contribution < 1.29 is 18.9 Å². The first-order chi connectivity index (χ1) is 21.2. The number of hydrogen-bond donors (Lipinski definition) is 2. The zero-order valence-corrected chi connectivity index (χ0v) is 24.2. The molecule has 5 aromatic rings. The highest BCUT2D eigenvalue weighted by atomic mass is 16.5. The van der Waals surface area contributed by atoms with Gasteiger partial charge in [0.15, 0.2) is 11.5 Å². The van der Waals surface area contributed by atoms with Crippen LogP contribution in [0.2, 0.25) is 0 Å². The summed E-state index contributed by atoms with van der Waals surface area (Å²) in [5, 5.41) is 15.3. The molecule has 0 bridgehead atoms. The summed E-state index contributed by atoms with van der Waals surface area (Å²) in [5.74, 6) is 1.38. The summed E-state index contributed by atoms with van der Waals surface area (Å²) in [4.78, 5) is 35.3. The Morgan fingerprint density at radius 3 is 2.45 bits per heavy atom. The van der Waals surface area contributed by atoms with E-state index < -0.39 is 16.2 Å². The Balaban J connectivity index is 1.34. The highest BCUT2D eigenvalue weighted by Crippen LogP contribution is 2.31. The van der Waals surface area contributed by atoms with Gasteiger partial charge in [-0.2, -0.15) is 0 Å². The maximum absolute atomic E-state index is 14.0. The SMILES string of the molecule is COc1cc(NC(=O)C=CC[N+](C)([O-])C2CC2)cc(-n2c(=O)n(-c3ccc(Oc4ccccc4)cc3)c3c(N)ncnc32)c1. The topological polar surface area (TPSA) is 149 Å². The molecule has 0 saturated heterocycles. The highest BCUT2D eigenvalue weighted by Gasteiger charge is 2.34. The third-order valence-electron chi connectivity index (χ3n) is 7.43. The molecule has 1 saturated carbocycles. The van der Waals surface area contributed by atoms with Crippen molar-refractivity contribution in [2.24, 2.45) is 0 Å². The maximum atomic E-state index is 14.0. The third-order valence-corrected chi connectivity index (χ3v) is 7.43. The van der Waals surface area contributed by atoms with Crippen LogP contribution in [-0.4, -0.2) is 56.4 Å². The van der Waals surface area contributed by atoms with E-state index in [2.05, 4.69) is 15.3 Å². The molecule has 0 spiro atoms. The van der Waals surface area contributed by atoms with E-state index in [1.54, 1.807) is 55.6 Å². The molecular weight excluding hydrogens is 562 g/mol. The molecule has 12 nitrogen and oxygen atoms in total. The number of hydroxylamine groups is 3. The molecule has 2 aromatic heterocycles. The maximum Gasteiger partial charge on any atom is 0.339 e. The first-order valence-corrected chi connectivity index (χ1v) is 14.0. The van der Waals surface area contributed by atoms with E-state index in [0.717, 1.165) is 12.8 Å². The lowest BCUT2D eigenvalue weighted by molar-refractivity contribution is -0.865. The van der Waals surface area contributed by atoms with Crippen LogP contribution in [-0.2, 0) is 4.79 Å². The summed E-state index contributed by atoms with van der Waals surface area (Å²) in [5.41, 5.74) is 7.70. The minimum absolute atomic E-state index is 0.0995. The van der Waals surface area contributed by atoms with Gasteiger partial charge in [0.2, 0.25) is 5.91 Å². The Kier molecular flexibility index (Phi) is 7.60. The van der Waals surface area contributed by atoms with Gasteiger partial charge in [0, 0.05) is 36.7 Å². The molecule has 224 valence electrons. The van der Waals surface area contributed by atoms with E-state index >= 15 is 0 Å². The summed E-state index contributed by atoms with van der Waals surface area (Å²) in [6, 6.07) is 21.4. The van der Waals surface area contributed by atoms with Gasteiger partial charge in [-0.1, -0.05) is 18.2 Å². The van der Waals surface area contributed by atoms with Gasteiger partial charge in [0.25, 0.3) is 0 Å². The lowest BCUT2D eigenvalue weighted by atomic mass is 10.2. The molecule has 1 unspecified atom stereocenters. The summed E-state index contributed by atoms with van der Waals surface area (Å²) >= 11 is 0. The molecule has 44 heavy (non-hydrogen) atoms. The predicted octanol–water partition coefficient (Wildman–Crippen LogP) is 4.56. The fraction of sp³-hybridized carbons (Fsp3) is 0.188. The Bertz CT molecular complexity index is 1910. The molecule has 1 amide bonds. The van der Waals surface area contributed by atoms with Crippen molar-refractivity contribution in [3.63, 3.8) is 0 Å². The van der Waals surface area contributed by atoms with Gasteiger partial charge in [-0.3, -0.25) is 9.36 Å². The number of ether oxygens (including phenoxy) is 2. The first-order valence-electron chi connectivity index (χ1n) is 14.0. The summed E-state index contributed by atoms with van der Waals surface area (Å²) in [6.45, 7) is 0.205. The quantitative estimate of drug-likeness (QED) is 0.136. The van der Waals surface area contributed by atoms with Crippen LogP contribution < -0.4 is 26.2 Å². The number of nitrogens with one attached hydrogen (secondary N) is 1. The van der Waals surface area contributed by atoms with Crippen molar-refractivity contribution in [1.82, 2.24) is 19.1 Å². The second kappa shape index (κ2) is 11.7. The summed E-state index contributed by atoms with van der Waals surface area (Å²) in [7, 11) is 3.10. The third kappa shape index (κ3) is 5.89. The molecule has 2 heterocycles. The zero-order chi connectivity index (χ0) is 30.8. The average Bonchev–Trinajstić information content (AvgIpc) is 3.83. The second-order valence-electron chi connectivity index (χ2n) is 10.7. The van der Waals surface area contributed by atoms with E-state index in [0.29, 0.717) is 39.8 Å². The fourth-order valence-corrected chi connectivity index (χ4v) is 5.03. The number of benzene rings is 3. The number of imidazole rings is 1. The number of carbonyl (C=O) groups excluding carboxylic acids is 1. The number of carbonyl (C=O) groups is 1. The monoisotopic (exact) mass is 593 g/mol. The second-order valence-corrected chi connectivity index (χ2v) is 10.7. The number of hydrogen-bond acceptors (Lipinski definition) is 8. The first kappa shape index (κ1) is 28.6. The number of nitrogens with two attached hydrogens (primary N) is 1. The van der Waals surface area contributed by atoms with E-state index in [-0.39, 0.29) is 24.1 Å². The van der Waals surface area contributed by atoms with Crippen molar-refractivity contribution in [3.05, 3.63) is 107 Å². The van der Waals surface area contributed by atoms with Crippen LogP contribution in [0.5, 0.6) is 17.2 Å². The van der Waals surface area contributed by atoms with Gasteiger partial charge in [-0.15, -0.1) is 0 Å². The molecule has 3 aromatic carbocycles. The summed E-state index contributed by atoms with van der Waals surface area (Å²) in [6.07, 6.45) is 6.02. The van der Waals surface area contributed by atoms with Gasteiger partial charge in [0.1, 0.15) is 29.1 Å². The Labute approximate surface area is 252 Å². The van der Waals surface area contributed by atoms with Crippen LogP contribution in [0.25, 0.3) is 22.5 Å². The standard InChI is InChI=1S/C32H31N7O5/c1-39(42,24-12-13-24)16-6-9-28(40)36-21-17-23(19-27(18-21)43-2)38-31-29(30(33)34-20-35-31)37(32(38)41)22-10-14-26(15-11-22)44-25-7-4-3-5-8-25/h3-11,14-15,17-20,24H,12-13,16H2,1-2H3,(H,36,40)(H2,33,34,35). The average molecular weight is 594 g/mol. The van der Waals surface area contributed by atoms with Crippen molar-refractivity contribution >= 4 is 28.6 Å². The number of para-hydroxylation sites is 1. The van der Waals surface area contributed by atoms with Crippen molar-refractivity contribution in [3.8, 4) is 28.6 Å². The lowest BCUT2D eigenvalue weighted by Gasteiger charge is -2.38. The van der Waals surface area contributed by atoms with Gasteiger partial charge >= 0.3 is 5.69 Å². The van der Waals surface area contributed by atoms with Gasteiger partial charge in [0.05, 0.1) is 38.1 Å². The Morgan fingerprint density at radius 2 is 1.75 bits per heavy atom. The van der Waals surface area contributed by atoms with Crippen LogP contribution in [0.15, 0.2) is 96.1 Å². The van der Waals surface area contributed by atoms with Crippen LogP contribution in [0.4, 0.5) is 11.5 Å². The largest absolute Gasteiger partial charge is 0.633 e. The molecule has 6 rings (SSSR count). The number of anilines is 2. The molecule has 0 aliphatic heterocycles. The van der Waals surface area contributed by atoms with Crippen molar-refractivity contribution in [2.75, 3.05) is 31.8 Å². The number of aromatic nitrogens is 4. The Morgan fingerprint density at radius 1 is 1.02 bits per heavy atom. The molecule has 1 fully saturated rings.